The Bertz CT molecular complexity index is 1390. The van der Waals surface area contributed by atoms with Crippen LogP contribution in [-0.2, 0) is 6.54 Å². The summed E-state index contributed by atoms with van der Waals surface area (Å²) >= 11 is 0. The third kappa shape index (κ3) is 3.20. The number of fused-ring (bicyclic) bond motifs is 4. The molecule has 6 heteroatoms. The molecule has 1 aliphatic heterocycles. The minimum Gasteiger partial charge on any atom is -0.338 e. The standard InChI is InChI=1S/C25H24N6/c1-18-26-24-22-11-4-5-12-23(22)27-25(31(24)28-18)30-15-13-29(14-16-30)17-20-9-6-8-19-7-2-3-10-21(19)20/h2-12H,13-17H2,1H3. The summed E-state index contributed by atoms with van der Waals surface area (Å²) in [5.41, 5.74) is 3.25. The van der Waals surface area contributed by atoms with Crippen molar-refractivity contribution in [3.63, 3.8) is 0 Å². The van der Waals surface area contributed by atoms with E-state index in [9.17, 15) is 0 Å². The molecule has 6 rings (SSSR count). The Morgan fingerprint density at radius 2 is 1.52 bits per heavy atom. The highest BCUT2D eigenvalue weighted by molar-refractivity contribution is 5.92. The van der Waals surface area contributed by atoms with Gasteiger partial charge < -0.3 is 4.90 Å². The molecule has 1 fully saturated rings. The number of rotatable bonds is 3. The van der Waals surface area contributed by atoms with Crippen LogP contribution < -0.4 is 4.90 Å². The van der Waals surface area contributed by atoms with E-state index in [-0.39, 0.29) is 0 Å². The molecule has 0 spiro atoms. The van der Waals surface area contributed by atoms with Crippen LogP contribution in [0.3, 0.4) is 0 Å². The Hall–Kier alpha value is -3.51. The number of hydrogen-bond acceptors (Lipinski definition) is 5. The van der Waals surface area contributed by atoms with Crippen molar-refractivity contribution < 1.29 is 0 Å². The lowest BCUT2D eigenvalue weighted by Gasteiger charge is -2.35. The molecule has 0 N–H and O–H groups in total. The van der Waals surface area contributed by atoms with Gasteiger partial charge in [-0.1, -0.05) is 54.6 Å². The van der Waals surface area contributed by atoms with Gasteiger partial charge in [-0.25, -0.2) is 9.97 Å². The average molecular weight is 409 g/mol. The van der Waals surface area contributed by atoms with E-state index >= 15 is 0 Å². The Morgan fingerprint density at radius 3 is 2.39 bits per heavy atom. The first-order valence-electron chi connectivity index (χ1n) is 10.8. The van der Waals surface area contributed by atoms with E-state index in [4.69, 9.17) is 4.98 Å². The molecule has 0 bridgehead atoms. The molecule has 0 aliphatic carbocycles. The fraction of sp³-hybridized carbons (Fsp3) is 0.240. The maximum absolute atomic E-state index is 4.96. The SMILES string of the molecule is Cc1nc2c3ccccc3nc(N3CCN(Cc4cccc5ccccc45)CC3)n2n1. The molecule has 0 unspecified atom stereocenters. The van der Waals surface area contributed by atoms with Crippen LogP contribution in [0.5, 0.6) is 0 Å². The Balaban J connectivity index is 1.27. The molecule has 3 heterocycles. The fourth-order valence-corrected chi connectivity index (χ4v) is 4.63. The van der Waals surface area contributed by atoms with Gasteiger partial charge >= 0.3 is 0 Å². The predicted molar refractivity (Wildman–Crippen MR) is 124 cm³/mol. The van der Waals surface area contributed by atoms with Crippen LogP contribution in [0, 0.1) is 6.92 Å². The number of piperazine rings is 1. The monoisotopic (exact) mass is 408 g/mol. The van der Waals surface area contributed by atoms with Crippen molar-refractivity contribution in [1.29, 1.82) is 0 Å². The van der Waals surface area contributed by atoms with Crippen LogP contribution in [0.2, 0.25) is 0 Å². The van der Waals surface area contributed by atoms with Gasteiger partial charge in [0.25, 0.3) is 0 Å². The lowest BCUT2D eigenvalue weighted by atomic mass is 10.0. The highest BCUT2D eigenvalue weighted by atomic mass is 15.4. The smallest absolute Gasteiger partial charge is 0.229 e. The summed E-state index contributed by atoms with van der Waals surface area (Å²) in [4.78, 5) is 14.5. The molecule has 0 saturated carbocycles. The van der Waals surface area contributed by atoms with E-state index in [1.165, 1.54) is 16.3 Å². The average Bonchev–Trinajstić information content (AvgIpc) is 3.21. The van der Waals surface area contributed by atoms with Crippen LogP contribution in [0.4, 0.5) is 5.95 Å². The van der Waals surface area contributed by atoms with Crippen LogP contribution in [0.1, 0.15) is 11.4 Å². The Labute approximate surface area is 180 Å². The van der Waals surface area contributed by atoms with Crippen LogP contribution in [0.25, 0.3) is 27.3 Å². The normalized spacial score (nSPS) is 15.3. The maximum Gasteiger partial charge on any atom is 0.229 e. The van der Waals surface area contributed by atoms with Gasteiger partial charge in [0.15, 0.2) is 5.65 Å². The van der Waals surface area contributed by atoms with Gasteiger partial charge in [-0.15, -0.1) is 5.10 Å². The van der Waals surface area contributed by atoms with E-state index in [1.807, 2.05) is 23.6 Å². The molecule has 154 valence electrons. The topological polar surface area (TPSA) is 49.6 Å². The number of aryl methyl sites for hydroxylation is 1. The van der Waals surface area contributed by atoms with Crippen molar-refractivity contribution in [2.75, 3.05) is 31.1 Å². The van der Waals surface area contributed by atoms with Gasteiger partial charge in [0.2, 0.25) is 5.95 Å². The van der Waals surface area contributed by atoms with E-state index in [1.54, 1.807) is 0 Å². The van der Waals surface area contributed by atoms with E-state index in [0.717, 1.165) is 61.0 Å². The first-order valence-corrected chi connectivity index (χ1v) is 10.8. The number of para-hydroxylation sites is 1. The van der Waals surface area contributed by atoms with E-state index in [2.05, 4.69) is 74.5 Å². The van der Waals surface area contributed by atoms with Crippen molar-refractivity contribution in [3.05, 3.63) is 78.1 Å². The second-order valence-corrected chi connectivity index (χ2v) is 8.22. The van der Waals surface area contributed by atoms with Crippen molar-refractivity contribution in [1.82, 2.24) is 24.5 Å². The van der Waals surface area contributed by atoms with Crippen molar-refractivity contribution in [2.45, 2.75) is 13.5 Å². The molecule has 5 aromatic rings. The van der Waals surface area contributed by atoms with Gasteiger partial charge in [0, 0.05) is 38.1 Å². The second kappa shape index (κ2) is 7.32. The number of hydrogen-bond donors (Lipinski definition) is 0. The van der Waals surface area contributed by atoms with Crippen LogP contribution in [0.15, 0.2) is 66.7 Å². The molecule has 2 aromatic heterocycles. The van der Waals surface area contributed by atoms with Gasteiger partial charge in [-0.3, -0.25) is 4.90 Å². The maximum atomic E-state index is 4.96. The molecule has 1 saturated heterocycles. The number of aromatic nitrogens is 4. The third-order valence-corrected chi connectivity index (χ3v) is 6.20. The van der Waals surface area contributed by atoms with Crippen LogP contribution >= 0.6 is 0 Å². The van der Waals surface area contributed by atoms with E-state index < -0.39 is 0 Å². The van der Waals surface area contributed by atoms with E-state index in [0.29, 0.717) is 0 Å². The van der Waals surface area contributed by atoms with Gasteiger partial charge in [-0.2, -0.15) is 4.52 Å². The summed E-state index contributed by atoms with van der Waals surface area (Å²) in [6.45, 7) is 6.74. The summed E-state index contributed by atoms with van der Waals surface area (Å²) < 4.78 is 1.91. The summed E-state index contributed by atoms with van der Waals surface area (Å²) in [6, 6.07) is 23.4. The molecular weight excluding hydrogens is 384 g/mol. The lowest BCUT2D eigenvalue weighted by Crippen LogP contribution is -2.47. The minimum atomic E-state index is 0.772. The zero-order valence-electron chi connectivity index (χ0n) is 17.6. The molecular formula is C25H24N6. The van der Waals surface area contributed by atoms with Crippen LogP contribution in [-0.4, -0.2) is 50.7 Å². The van der Waals surface area contributed by atoms with Crippen molar-refractivity contribution >= 4 is 33.3 Å². The first-order chi connectivity index (χ1) is 15.3. The first kappa shape index (κ1) is 18.3. The van der Waals surface area contributed by atoms with Gasteiger partial charge in [0.1, 0.15) is 5.82 Å². The number of anilines is 1. The fourth-order valence-electron chi connectivity index (χ4n) is 4.63. The largest absolute Gasteiger partial charge is 0.338 e. The predicted octanol–water partition coefficient (Wildman–Crippen LogP) is 4.06. The minimum absolute atomic E-state index is 0.772. The van der Waals surface area contributed by atoms with Gasteiger partial charge in [0.05, 0.1) is 5.52 Å². The van der Waals surface area contributed by atoms with Gasteiger partial charge in [-0.05, 0) is 35.4 Å². The molecule has 0 atom stereocenters. The molecule has 0 radical (unpaired) electrons. The third-order valence-electron chi connectivity index (χ3n) is 6.20. The number of benzene rings is 3. The molecule has 6 nitrogen and oxygen atoms in total. The lowest BCUT2D eigenvalue weighted by molar-refractivity contribution is 0.249. The highest BCUT2D eigenvalue weighted by Crippen LogP contribution is 2.25. The quantitative estimate of drug-likeness (QED) is 0.451. The molecule has 31 heavy (non-hydrogen) atoms. The highest BCUT2D eigenvalue weighted by Gasteiger charge is 2.22. The Kier molecular flexibility index (Phi) is 4.32. The molecule has 0 amide bonds. The zero-order chi connectivity index (χ0) is 20.8. The van der Waals surface area contributed by atoms with Crippen molar-refractivity contribution in [2.24, 2.45) is 0 Å². The summed E-state index contributed by atoms with van der Waals surface area (Å²) in [6.07, 6.45) is 0. The number of nitrogens with zero attached hydrogens (tertiary/aromatic N) is 6. The second-order valence-electron chi connectivity index (χ2n) is 8.22. The summed E-state index contributed by atoms with van der Waals surface area (Å²) in [7, 11) is 0. The summed E-state index contributed by atoms with van der Waals surface area (Å²) in [5, 5.41) is 8.35. The molecule has 3 aromatic carbocycles. The van der Waals surface area contributed by atoms with Crippen molar-refractivity contribution in [3.8, 4) is 0 Å². The molecule has 1 aliphatic rings. The zero-order valence-corrected chi connectivity index (χ0v) is 17.6. The summed E-state index contributed by atoms with van der Waals surface area (Å²) in [5.74, 6) is 1.66. The Morgan fingerprint density at radius 1 is 0.774 bits per heavy atom.